The molecule has 0 atom stereocenters. The van der Waals surface area contributed by atoms with E-state index in [0.717, 1.165) is 6.07 Å². The second-order valence-electron chi connectivity index (χ2n) is 4.72. The van der Waals surface area contributed by atoms with Crippen molar-refractivity contribution in [1.82, 2.24) is 5.43 Å². The average molecular weight is 396 g/mol. The molecule has 2 N–H and O–H groups in total. The lowest BCUT2D eigenvalue weighted by molar-refractivity contribution is -0.136. The number of carbonyl (C=O) groups is 2. The first-order valence-corrected chi connectivity index (χ1v) is 7.52. The zero-order valence-corrected chi connectivity index (χ0v) is 14.0. The fourth-order valence-electron chi connectivity index (χ4n) is 1.71. The van der Waals surface area contributed by atoms with Crippen LogP contribution in [0.5, 0.6) is 0 Å². The van der Waals surface area contributed by atoms with Crippen molar-refractivity contribution >= 4 is 39.1 Å². The molecule has 0 aromatic heterocycles. The summed E-state index contributed by atoms with van der Waals surface area (Å²) < 4.78 is 26.9. The van der Waals surface area contributed by atoms with Gasteiger partial charge in [-0.1, -0.05) is 28.1 Å². The Kier molecular flexibility index (Phi) is 5.75. The predicted octanol–water partition coefficient (Wildman–Crippen LogP) is 3.21. The molecule has 0 aliphatic heterocycles. The molecule has 0 radical (unpaired) electrons. The van der Waals surface area contributed by atoms with Crippen LogP contribution in [0.3, 0.4) is 0 Å². The van der Waals surface area contributed by atoms with Gasteiger partial charge in [-0.25, -0.2) is 14.2 Å². The van der Waals surface area contributed by atoms with Crippen molar-refractivity contribution < 1.29 is 18.4 Å². The number of hydrazone groups is 1. The Labute approximate surface area is 144 Å². The maximum Gasteiger partial charge on any atom is 0.329 e. The van der Waals surface area contributed by atoms with Crippen LogP contribution in [0.25, 0.3) is 0 Å². The third-order valence-corrected chi connectivity index (χ3v) is 3.47. The fourth-order valence-corrected chi connectivity index (χ4v) is 2.04. The van der Waals surface area contributed by atoms with Crippen LogP contribution in [0.15, 0.2) is 52.0 Å². The Morgan fingerprint density at radius 3 is 2.33 bits per heavy atom. The SMILES string of the molecule is CC(=NNC(=O)C(=O)Nc1ccc(Br)cc1F)c1ccc(F)cc1. The summed E-state index contributed by atoms with van der Waals surface area (Å²) in [4.78, 5) is 23.4. The summed E-state index contributed by atoms with van der Waals surface area (Å²) in [5, 5.41) is 5.90. The van der Waals surface area contributed by atoms with Gasteiger partial charge in [-0.15, -0.1) is 0 Å². The van der Waals surface area contributed by atoms with Crippen LogP contribution in [0.1, 0.15) is 12.5 Å². The molecule has 8 heteroatoms. The number of rotatable bonds is 3. The highest BCUT2D eigenvalue weighted by atomic mass is 79.9. The van der Waals surface area contributed by atoms with E-state index in [-0.39, 0.29) is 5.69 Å². The van der Waals surface area contributed by atoms with Crippen molar-refractivity contribution in [2.24, 2.45) is 5.10 Å². The molecule has 0 heterocycles. The number of nitrogens with one attached hydrogen (secondary N) is 2. The maximum absolute atomic E-state index is 13.6. The van der Waals surface area contributed by atoms with Crippen LogP contribution in [0.2, 0.25) is 0 Å². The van der Waals surface area contributed by atoms with Gasteiger partial charge in [0, 0.05) is 4.47 Å². The second-order valence-corrected chi connectivity index (χ2v) is 5.64. The Morgan fingerprint density at radius 2 is 1.71 bits per heavy atom. The van der Waals surface area contributed by atoms with Crippen LogP contribution >= 0.6 is 15.9 Å². The maximum atomic E-state index is 13.6. The van der Waals surface area contributed by atoms with Crippen molar-refractivity contribution in [3.05, 3.63) is 64.1 Å². The lowest BCUT2D eigenvalue weighted by Crippen LogP contribution is -2.33. The number of nitrogens with zero attached hydrogens (tertiary/aromatic N) is 1. The molecular weight excluding hydrogens is 384 g/mol. The van der Waals surface area contributed by atoms with Gasteiger partial charge in [-0.05, 0) is 42.8 Å². The molecule has 0 aliphatic rings. The summed E-state index contributed by atoms with van der Waals surface area (Å²) in [5.74, 6) is -3.20. The minimum absolute atomic E-state index is 0.127. The highest BCUT2D eigenvalue weighted by Gasteiger charge is 2.15. The fraction of sp³-hybridized carbons (Fsp3) is 0.0625. The molecule has 0 spiro atoms. The molecule has 2 aromatic carbocycles. The van der Waals surface area contributed by atoms with Crippen molar-refractivity contribution in [2.75, 3.05) is 5.32 Å². The van der Waals surface area contributed by atoms with Gasteiger partial charge in [0.1, 0.15) is 11.6 Å². The first-order valence-electron chi connectivity index (χ1n) is 6.73. The van der Waals surface area contributed by atoms with Crippen LogP contribution in [-0.4, -0.2) is 17.5 Å². The number of hydrogen-bond donors (Lipinski definition) is 2. The van der Waals surface area contributed by atoms with Crippen LogP contribution in [-0.2, 0) is 9.59 Å². The summed E-state index contributed by atoms with van der Waals surface area (Å²) in [5.41, 5.74) is 2.89. The lowest BCUT2D eigenvalue weighted by Gasteiger charge is -2.06. The van der Waals surface area contributed by atoms with Gasteiger partial charge in [-0.3, -0.25) is 9.59 Å². The summed E-state index contributed by atoms with van der Waals surface area (Å²) >= 11 is 3.09. The van der Waals surface area contributed by atoms with Crippen molar-refractivity contribution in [3.63, 3.8) is 0 Å². The van der Waals surface area contributed by atoms with E-state index in [9.17, 15) is 18.4 Å². The van der Waals surface area contributed by atoms with Gasteiger partial charge in [0.05, 0.1) is 11.4 Å². The number of anilines is 1. The zero-order valence-electron chi connectivity index (χ0n) is 12.4. The van der Waals surface area contributed by atoms with Gasteiger partial charge in [-0.2, -0.15) is 5.10 Å². The summed E-state index contributed by atoms with van der Waals surface area (Å²) in [6.07, 6.45) is 0. The molecular formula is C16H12BrF2N3O2. The standard InChI is InChI=1S/C16H12BrF2N3O2/c1-9(10-2-5-12(18)6-3-10)21-22-16(24)15(23)20-14-7-4-11(17)8-13(14)19/h2-8H,1H3,(H,20,23)(H,22,24). The number of hydrogen-bond acceptors (Lipinski definition) is 3. The summed E-state index contributed by atoms with van der Waals surface area (Å²) in [6, 6.07) is 9.46. The first-order chi connectivity index (χ1) is 11.4. The molecule has 0 saturated carbocycles. The van der Waals surface area contributed by atoms with Crippen molar-refractivity contribution in [1.29, 1.82) is 0 Å². The average Bonchev–Trinajstić information content (AvgIpc) is 2.55. The van der Waals surface area contributed by atoms with Crippen molar-refractivity contribution in [2.45, 2.75) is 6.92 Å². The topological polar surface area (TPSA) is 70.6 Å². The molecule has 0 fully saturated rings. The molecule has 2 amide bonds. The van der Waals surface area contributed by atoms with E-state index in [1.54, 1.807) is 6.92 Å². The third-order valence-electron chi connectivity index (χ3n) is 2.97. The summed E-state index contributed by atoms with van der Waals surface area (Å²) in [7, 11) is 0. The number of carbonyl (C=O) groups excluding carboxylic acids is 2. The van der Waals surface area contributed by atoms with Gasteiger partial charge in [0.2, 0.25) is 0 Å². The van der Waals surface area contributed by atoms with Gasteiger partial charge >= 0.3 is 11.8 Å². The van der Waals surface area contributed by atoms with E-state index in [0.29, 0.717) is 15.7 Å². The number of amides is 2. The minimum Gasteiger partial charge on any atom is -0.315 e. The minimum atomic E-state index is -1.06. The first kappa shape index (κ1) is 17.7. The molecule has 0 unspecified atom stereocenters. The Hall–Kier alpha value is -2.61. The highest BCUT2D eigenvalue weighted by Crippen LogP contribution is 2.19. The third kappa shape index (κ3) is 4.69. The van der Waals surface area contributed by atoms with E-state index in [4.69, 9.17) is 0 Å². The molecule has 124 valence electrons. The zero-order chi connectivity index (χ0) is 17.7. The Morgan fingerprint density at radius 1 is 1.04 bits per heavy atom. The number of halogens is 3. The highest BCUT2D eigenvalue weighted by molar-refractivity contribution is 9.10. The van der Waals surface area contributed by atoms with Crippen molar-refractivity contribution in [3.8, 4) is 0 Å². The Bertz CT molecular complexity index is 807. The van der Waals surface area contributed by atoms with E-state index < -0.39 is 23.4 Å². The van der Waals surface area contributed by atoms with E-state index in [1.807, 2.05) is 0 Å². The van der Waals surface area contributed by atoms with Crippen LogP contribution in [0.4, 0.5) is 14.5 Å². The summed E-state index contributed by atoms with van der Waals surface area (Å²) in [6.45, 7) is 1.58. The number of benzene rings is 2. The monoisotopic (exact) mass is 395 g/mol. The molecule has 5 nitrogen and oxygen atoms in total. The van der Waals surface area contributed by atoms with Gasteiger partial charge in [0.15, 0.2) is 0 Å². The smallest absolute Gasteiger partial charge is 0.315 e. The van der Waals surface area contributed by atoms with E-state index in [2.05, 4.69) is 31.8 Å². The largest absolute Gasteiger partial charge is 0.329 e. The molecule has 2 rings (SSSR count). The lowest BCUT2D eigenvalue weighted by atomic mass is 10.1. The van der Waals surface area contributed by atoms with E-state index in [1.165, 1.54) is 36.4 Å². The molecule has 24 heavy (non-hydrogen) atoms. The predicted molar refractivity (Wildman–Crippen MR) is 89.5 cm³/mol. The van der Waals surface area contributed by atoms with Crippen LogP contribution in [0, 0.1) is 11.6 Å². The quantitative estimate of drug-likeness (QED) is 0.475. The second kappa shape index (κ2) is 7.78. The van der Waals surface area contributed by atoms with Gasteiger partial charge in [0.25, 0.3) is 0 Å². The molecule has 0 saturated heterocycles. The molecule has 0 aliphatic carbocycles. The van der Waals surface area contributed by atoms with Crippen LogP contribution < -0.4 is 10.7 Å². The molecule has 2 aromatic rings. The normalized spacial score (nSPS) is 11.1. The van der Waals surface area contributed by atoms with E-state index >= 15 is 0 Å². The molecule has 0 bridgehead atoms. The van der Waals surface area contributed by atoms with Gasteiger partial charge < -0.3 is 5.32 Å². The Balaban J connectivity index is 1.99.